The summed E-state index contributed by atoms with van der Waals surface area (Å²) in [5, 5.41) is 9.15. The van der Waals surface area contributed by atoms with E-state index in [-0.39, 0.29) is 11.5 Å². The SMILES string of the molecule is Cc1cc(C)cc(C2Cc3cc(C(=O)O)ccc3N(Cl)C2=O)c1. The standard InChI is InChI=1S/C18H16ClNO3/c1-10-5-11(2)7-13(6-10)15-9-14-8-12(18(22)23)3-4-16(14)20(19)17(15)21/h3-8,15H,9H2,1-2H3,(H,22,23). The van der Waals surface area contributed by atoms with Crippen LogP contribution in [-0.2, 0) is 11.2 Å². The van der Waals surface area contributed by atoms with Crippen LogP contribution in [0, 0.1) is 13.8 Å². The largest absolute Gasteiger partial charge is 0.478 e. The summed E-state index contributed by atoms with van der Waals surface area (Å²) >= 11 is 6.19. The molecule has 0 saturated heterocycles. The Morgan fingerprint density at radius 2 is 1.83 bits per heavy atom. The van der Waals surface area contributed by atoms with Crippen LogP contribution in [-0.4, -0.2) is 17.0 Å². The average molecular weight is 330 g/mol. The lowest BCUT2D eigenvalue weighted by Gasteiger charge is -2.30. The van der Waals surface area contributed by atoms with E-state index in [9.17, 15) is 9.59 Å². The number of halogens is 1. The highest BCUT2D eigenvalue weighted by atomic mass is 35.5. The molecular weight excluding hydrogens is 314 g/mol. The van der Waals surface area contributed by atoms with Crippen LogP contribution < -0.4 is 4.42 Å². The molecule has 4 nitrogen and oxygen atoms in total. The van der Waals surface area contributed by atoms with Crippen molar-refractivity contribution in [3.8, 4) is 0 Å². The zero-order valence-corrected chi connectivity index (χ0v) is 13.6. The van der Waals surface area contributed by atoms with Gasteiger partial charge in [-0.25, -0.2) is 9.21 Å². The van der Waals surface area contributed by atoms with Gasteiger partial charge in [0.25, 0.3) is 0 Å². The van der Waals surface area contributed by atoms with Crippen molar-refractivity contribution in [2.24, 2.45) is 0 Å². The van der Waals surface area contributed by atoms with Gasteiger partial charge in [0.2, 0.25) is 5.91 Å². The number of hydrogen-bond donors (Lipinski definition) is 1. The van der Waals surface area contributed by atoms with Crippen molar-refractivity contribution in [1.82, 2.24) is 0 Å². The van der Waals surface area contributed by atoms with Gasteiger partial charge in [0.1, 0.15) is 0 Å². The molecule has 1 N–H and O–H groups in total. The fourth-order valence-corrected chi connectivity index (χ4v) is 3.39. The van der Waals surface area contributed by atoms with Crippen molar-refractivity contribution in [1.29, 1.82) is 0 Å². The lowest BCUT2D eigenvalue weighted by Crippen LogP contribution is -2.34. The number of anilines is 1. The quantitative estimate of drug-likeness (QED) is 0.852. The van der Waals surface area contributed by atoms with Gasteiger partial charge in [-0.15, -0.1) is 0 Å². The van der Waals surface area contributed by atoms with E-state index < -0.39 is 11.9 Å². The summed E-state index contributed by atoms with van der Waals surface area (Å²) in [4.78, 5) is 23.8. The maximum atomic E-state index is 12.6. The van der Waals surface area contributed by atoms with Gasteiger partial charge in [0, 0.05) is 11.8 Å². The molecule has 2 aromatic carbocycles. The minimum Gasteiger partial charge on any atom is -0.478 e. The Morgan fingerprint density at radius 1 is 1.17 bits per heavy atom. The van der Waals surface area contributed by atoms with E-state index in [1.54, 1.807) is 12.1 Å². The summed E-state index contributed by atoms with van der Waals surface area (Å²) in [5.74, 6) is -1.58. The Labute approximate surface area is 139 Å². The third-order valence-electron chi connectivity index (χ3n) is 4.10. The van der Waals surface area contributed by atoms with E-state index >= 15 is 0 Å². The second-order valence-corrected chi connectivity index (χ2v) is 6.28. The smallest absolute Gasteiger partial charge is 0.335 e. The molecule has 1 atom stereocenters. The molecule has 1 heterocycles. The Hall–Kier alpha value is -2.33. The van der Waals surface area contributed by atoms with E-state index in [1.165, 1.54) is 6.07 Å². The first-order chi connectivity index (χ1) is 10.9. The first kappa shape index (κ1) is 15.6. The maximum absolute atomic E-state index is 12.6. The van der Waals surface area contributed by atoms with Crippen molar-refractivity contribution < 1.29 is 14.7 Å². The molecule has 0 aromatic heterocycles. The van der Waals surface area contributed by atoms with Gasteiger partial charge in [-0.3, -0.25) is 4.79 Å². The predicted molar refractivity (Wildman–Crippen MR) is 89.1 cm³/mol. The highest BCUT2D eigenvalue weighted by Gasteiger charge is 2.33. The first-order valence-corrected chi connectivity index (χ1v) is 7.65. The number of carboxylic acid groups (broad SMARTS) is 1. The molecule has 3 rings (SSSR count). The fourth-order valence-electron chi connectivity index (χ4n) is 3.11. The fraction of sp³-hybridized carbons (Fsp3) is 0.222. The zero-order chi connectivity index (χ0) is 16.7. The number of carbonyl (C=O) groups excluding carboxylic acids is 1. The number of carboxylic acids is 1. The number of aryl methyl sites for hydroxylation is 2. The van der Waals surface area contributed by atoms with Crippen LogP contribution in [0.25, 0.3) is 0 Å². The summed E-state index contributed by atoms with van der Waals surface area (Å²) in [7, 11) is 0. The topological polar surface area (TPSA) is 57.6 Å². The normalized spacial score (nSPS) is 17.1. The number of hydrogen-bond acceptors (Lipinski definition) is 2. The summed E-state index contributed by atoms with van der Waals surface area (Å²) in [6, 6.07) is 10.6. The molecule has 1 amide bonds. The summed E-state index contributed by atoms with van der Waals surface area (Å²) in [5.41, 5.74) is 4.59. The molecule has 1 aliphatic heterocycles. The van der Waals surface area contributed by atoms with Gasteiger partial charge in [-0.1, -0.05) is 29.3 Å². The Kier molecular flexibility index (Phi) is 3.86. The Balaban J connectivity index is 2.07. The summed E-state index contributed by atoms with van der Waals surface area (Å²) in [6.07, 6.45) is 0.446. The third kappa shape index (κ3) is 2.82. The predicted octanol–water partition coefficient (Wildman–Crippen LogP) is 3.83. The number of rotatable bonds is 2. The van der Waals surface area contributed by atoms with Crippen molar-refractivity contribution in [2.75, 3.05) is 4.42 Å². The van der Waals surface area contributed by atoms with Crippen LogP contribution in [0.4, 0.5) is 5.69 Å². The van der Waals surface area contributed by atoms with E-state index in [0.29, 0.717) is 12.1 Å². The van der Waals surface area contributed by atoms with E-state index in [0.717, 1.165) is 26.7 Å². The van der Waals surface area contributed by atoms with Crippen LogP contribution in [0.3, 0.4) is 0 Å². The molecule has 0 radical (unpaired) electrons. The van der Waals surface area contributed by atoms with Crippen molar-refractivity contribution in [3.05, 3.63) is 64.2 Å². The van der Waals surface area contributed by atoms with E-state index in [2.05, 4.69) is 0 Å². The van der Waals surface area contributed by atoms with Crippen molar-refractivity contribution in [3.63, 3.8) is 0 Å². The van der Waals surface area contributed by atoms with Gasteiger partial charge in [0.15, 0.2) is 0 Å². The lowest BCUT2D eigenvalue weighted by molar-refractivity contribution is -0.119. The number of carbonyl (C=O) groups is 2. The molecule has 23 heavy (non-hydrogen) atoms. The van der Waals surface area contributed by atoms with Crippen LogP contribution in [0.1, 0.15) is 38.5 Å². The van der Waals surface area contributed by atoms with Crippen LogP contribution in [0.2, 0.25) is 0 Å². The second kappa shape index (κ2) is 5.70. The highest BCUT2D eigenvalue weighted by molar-refractivity contribution is 6.38. The summed E-state index contributed by atoms with van der Waals surface area (Å²) in [6.45, 7) is 3.97. The molecule has 0 spiro atoms. The van der Waals surface area contributed by atoms with Crippen LogP contribution in [0.15, 0.2) is 36.4 Å². The average Bonchev–Trinajstić information content (AvgIpc) is 2.49. The van der Waals surface area contributed by atoms with Gasteiger partial charge in [0.05, 0.1) is 17.2 Å². The van der Waals surface area contributed by atoms with Gasteiger partial charge in [-0.05, 0) is 49.6 Å². The number of fused-ring (bicyclic) bond motifs is 1. The van der Waals surface area contributed by atoms with Gasteiger partial charge >= 0.3 is 5.97 Å². The van der Waals surface area contributed by atoms with Crippen LogP contribution in [0.5, 0.6) is 0 Å². The second-order valence-electron chi connectivity index (χ2n) is 5.95. The molecule has 1 aliphatic rings. The number of aromatic carboxylic acids is 1. The Bertz CT molecular complexity index is 796. The minimum atomic E-state index is -0.992. The highest BCUT2D eigenvalue weighted by Crippen LogP contribution is 2.37. The summed E-state index contributed by atoms with van der Waals surface area (Å²) < 4.78 is 1.10. The van der Waals surface area contributed by atoms with Crippen LogP contribution >= 0.6 is 11.8 Å². The molecule has 118 valence electrons. The van der Waals surface area contributed by atoms with Gasteiger partial charge < -0.3 is 5.11 Å². The monoisotopic (exact) mass is 329 g/mol. The molecule has 0 fully saturated rings. The number of benzene rings is 2. The van der Waals surface area contributed by atoms with E-state index in [1.807, 2.05) is 32.0 Å². The zero-order valence-electron chi connectivity index (χ0n) is 12.8. The lowest BCUT2D eigenvalue weighted by atomic mass is 9.85. The molecule has 0 bridgehead atoms. The van der Waals surface area contributed by atoms with Crippen molar-refractivity contribution >= 4 is 29.3 Å². The minimum absolute atomic E-state index is 0.188. The van der Waals surface area contributed by atoms with Crippen molar-refractivity contribution in [2.45, 2.75) is 26.2 Å². The first-order valence-electron chi connectivity index (χ1n) is 7.31. The molecular formula is C18H16ClNO3. The molecule has 5 heteroatoms. The molecule has 1 unspecified atom stereocenters. The molecule has 0 saturated carbocycles. The third-order valence-corrected chi connectivity index (χ3v) is 4.45. The number of amides is 1. The van der Waals surface area contributed by atoms with E-state index in [4.69, 9.17) is 16.9 Å². The maximum Gasteiger partial charge on any atom is 0.335 e. The number of nitrogens with zero attached hydrogens (tertiary/aromatic N) is 1. The molecule has 0 aliphatic carbocycles. The Morgan fingerprint density at radius 3 is 2.43 bits per heavy atom. The van der Waals surface area contributed by atoms with Gasteiger partial charge in [-0.2, -0.15) is 0 Å². The molecule has 2 aromatic rings.